The normalized spacial score (nSPS) is 12.0. The van der Waals surface area contributed by atoms with Crippen LogP contribution in [0.5, 0.6) is 0 Å². The number of benzene rings is 1. The van der Waals surface area contributed by atoms with Crippen molar-refractivity contribution < 1.29 is 9.59 Å². The van der Waals surface area contributed by atoms with Crippen LogP contribution in [-0.4, -0.2) is 41.9 Å². The summed E-state index contributed by atoms with van der Waals surface area (Å²) in [4.78, 5) is 26.0. The summed E-state index contributed by atoms with van der Waals surface area (Å²) in [5.74, 6) is -1.31. The Hall–Kier alpha value is -2.60. The minimum Gasteiger partial charge on any atom is -0.353 e. The molecule has 0 aliphatic carbocycles. The number of hydrogen-bond acceptors (Lipinski definition) is 3. The van der Waals surface area contributed by atoms with Crippen LogP contribution >= 0.6 is 0 Å². The molecule has 0 saturated carbocycles. The standard InChI is InChI=1S/C18H24N4O2/c1-13-7-9-14(10-8-13)20-18(24)17(23)19-12-16(21(2)3)15-6-5-11-22(15)4/h5-11,16H,12H2,1-4H3,(H,19,23)(H,20,24). The SMILES string of the molecule is Cc1ccc(NC(=O)C(=O)NCC(c2cccn2C)N(C)C)cc1. The maximum absolute atomic E-state index is 12.0. The number of aryl methyl sites for hydroxylation is 2. The van der Waals surface area contributed by atoms with Crippen LogP contribution in [0, 0.1) is 6.92 Å². The van der Waals surface area contributed by atoms with Crippen LogP contribution in [-0.2, 0) is 16.6 Å². The number of hydrogen-bond donors (Lipinski definition) is 2. The Kier molecular flexibility index (Phi) is 5.76. The van der Waals surface area contributed by atoms with E-state index in [9.17, 15) is 9.59 Å². The molecule has 1 aromatic carbocycles. The lowest BCUT2D eigenvalue weighted by Gasteiger charge is -2.25. The van der Waals surface area contributed by atoms with Gasteiger partial charge in [-0.15, -0.1) is 0 Å². The van der Waals surface area contributed by atoms with E-state index in [4.69, 9.17) is 0 Å². The topological polar surface area (TPSA) is 66.4 Å². The molecule has 0 aliphatic heterocycles. The van der Waals surface area contributed by atoms with E-state index in [0.717, 1.165) is 11.3 Å². The average molecular weight is 328 g/mol. The first-order valence-corrected chi connectivity index (χ1v) is 7.82. The van der Waals surface area contributed by atoms with E-state index in [2.05, 4.69) is 10.6 Å². The zero-order valence-corrected chi connectivity index (χ0v) is 14.5. The molecule has 0 aliphatic rings. The van der Waals surface area contributed by atoms with Crippen LogP contribution in [0.15, 0.2) is 42.6 Å². The highest BCUT2D eigenvalue weighted by Crippen LogP contribution is 2.17. The second-order valence-corrected chi connectivity index (χ2v) is 6.05. The molecule has 0 bridgehead atoms. The van der Waals surface area contributed by atoms with Crippen molar-refractivity contribution in [3.05, 3.63) is 53.9 Å². The van der Waals surface area contributed by atoms with Gasteiger partial charge in [0.15, 0.2) is 0 Å². The predicted molar refractivity (Wildman–Crippen MR) is 94.7 cm³/mol. The van der Waals surface area contributed by atoms with Gasteiger partial charge in [0.2, 0.25) is 0 Å². The molecule has 128 valence electrons. The van der Waals surface area contributed by atoms with Crippen LogP contribution < -0.4 is 10.6 Å². The monoisotopic (exact) mass is 328 g/mol. The van der Waals surface area contributed by atoms with Gasteiger partial charge in [0.05, 0.1) is 6.04 Å². The van der Waals surface area contributed by atoms with Crippen LogP contribution in [0.2, 0.25) is 0 Å². The van der Waals surface area contributed by atoms with Gasteiger partial charge in [-0.25, -0.2) is 0 Å². The van der Waals surface area contributed by atoms with Crippen LogP contribution in [0.25, 0.3) is 0 Å². The molecule has 2 rings (SSSR count). The Labute approximate surface area is 142 Å². The molecule has 24 heavy (non-hydrogen) atoms. The summed E-state index contributed by atoms with van der Waals surface area (Å²) in [7, 11) is 5.84. The van der Waals surface area contributed by atoms with E-state index in [-0.39, 0.29) is 6.04 Å². The molecule has 2 N–H and O–H groups in total. The lowest BCUT2D eigenvalue weighted by atomic mass is 10.2. The smallest absolute Gasteiger partial charge is 0.313 e. The molecule has 0 radical (unpaired) electrons. The van der Waals surface area contributed by atoms with Crippen molar-refractivity contribution in [2.45, 2.75) is 13.0 Å². The molecule has 2 amide bonds. The number of rotatable bonds is 5. The Morgan fingerprint density at radius 1 is 1.12 bits per heavy atom. The second kappa shape index (κ2) is 7.79. The summed E-state index contributed by atoms with van der Waals surface area (Å²) < 4.78 is 2.00. The number of carbonyl (C=O) groups excluding carboxylic acids is 2. The lowest BCUT2D eigenvalue weighted by Crippen LogP contribution is -2.40. The van der Waals surface area contributed by atoms with Crippen molar-refractivity contribution in [2.75, 3.05) is 26.0 Å². The van der Waals surface area contributed by atoms with Crippen molar-refractivity contribution in [2.24, 2.45) is 7.05 Å². The largest absolute Gasteiger partial charge is 0.353 e. The van der Waals surface area contributed by atoms with Crippen molar-refractivity contribution in [3.8, 4) is 0 Å². The fourth-order valence-electron chi connectivity index (χ4n) is 2.47. The van der Waals surface area contributed by atoms with Crippen molar-refractivity contribution in [3.63, 3.8) is 0 Å². The maximum atomic E-state index is 12.0. The van der Waals surface area contributed by atoms with Gasteiger partial charge in [0.1, 0.15) is 0 Å². The van der Waals surface area contributed by atoms with Crippen LogP contribution in [0.4, 0.5) is 5.69 Å². The van der Waals surface area contributed by atoms with Gasteiger partial charge in [-0.05, 0) is 45.3 Å². The molecule has 0 spiro atoms. The Morgan fingerprint density at radius 2 is 1.79 bits per heavy atom. The number of nitrogens with one attached hydrogen (secondary N) is 2. The zero-order valence-electron chi connectivity index (χ0n) is 14.5. The van der Waals surface area contributed by atoms with Crippen LogP contribution in [0.1, 0.15) is 17.3 Å². The Morgan fingerprint density at radius 3 is 2.33 bits per heavy atom. The first kappa shape index (κ1) is 17.7. The van der Waals surface area contributed by atoms with Crippen LogP contribution in [0.3, 0.4) is 0 Å². The minimum atomic E-state index is -0.664. The number of anilines is 1. The van der Waals surface area contributed by atoms with Gasteiger partial charge in [-0.1, -0.05) is 17.7 Å². The minimum absolute atomic E-state index is 0.0128. The van der Waals surface area contributed by atoms with Gasteiger partial charge in [-0.3, -0.25) is 14.5 Å². The summed E-state index contributed by atoms with van der Waals surface area (Å²) in [5.41, 5.74) is 2.76. The van der Waals surface area contributed by atoms with E-state index in [1.54, 1.807) is 12.1 Å². The molecular formula is C18H24N4O2. The summed E-state index contributed by atoms with van der Waals surface area (Å²) >= 11 is 0. The van der Waals surface area contributed by atoms with E-state index in [1.165, 1.54) is 0 Å². The summed E-state index contributed by atoms with van der Waals surface area (Å²) in [6.07, 6.45) is 1.96. The van der Waals surface area contributed by atoms with Gasteiger partial charge in [0.25, 0.3) is 0 Å². The highest BCUT2D eigenvalue weighted by Gasteiger charge is 2.20. The van der Waals surface area contributed by atoms with Crippen molar-refractivity contribution >= 4 is 17.5 Å². The van der Waals surface area contributed by atoms with E-state index in [0.29, 0.717) is 12.2 Å². The number of aromatic nitrogens is 1. The highest BCUT2D eigenvalue weighted by atomic mass is 16.2. The predicted octanol–water partition coefficient (Wildman–Crippen LogP) is 1.69. The molecule has 1 aromatic heterocycles. The summed E-state index contributed by atoms with van der Waals surface area (Å²) in [6.45, 7) is 2.31. The van der Waals surface area contributed by atoms with Gasteiger partial charge >= 0.3 is 11.8 Å². The number of carbonyl (C=O) groups is 2. The highest BCUT2D eigenvalue weighted by molar-refractivity contribution is 6.39. The summed E-state index contributed by atoms with van der Waals surface area (Å²) in [6, 6.07) is 11.2. The first-order valence-electron chi connectivity index (χ1n) is 7.82. The quantitative estimate of drug-likeness (QED) is 0.821. The molecule has 6 heteroatoms. The molecule has 1 atom stereocenters. The lowest BCUT2D eigenvalue weighted by molar-refractivity contribution is -0.136. The Bertz CT molecular complexity index is 704. The maximum Gasteiger partial charge on any atom is 0.313 e. The molecule has 0 saturated heterocycles. The molecule has 1 unspecified atom stereocenters. The van der Waals surface area contributed by atoms with E-state index >= 15 is 0 Å². The first-order chi connectivity index (χ1) is 11.4. The third-order valence-electron chi connectivity index (χ3n) is 3.92. The van der Waals surface area contributed by atoms with E-state index in [1.807, 2.05) is 68.0 Å². The number of amides is 2. The summed E-state index contributed by atoms with van der Waals surface area (Å²) in [5, 5.41) is 5.30. The van der Waals surface area contributed by atoms with Crippen molar-refractivity contribution in [1.82, 2.24) is 14.8 Å². The second-order valence-electron chi connectivity index (χ2n) is 6.05. The van der Waals surface area contributed by atoms with Crippen molar-refractivity contribution in [1.29, 1.82) is 0 Å². The third-order valence-corrected chi connectivity index (χ3v) is 3.92. The number of likely N-dealkylation sites (N-methyl/N-ethyl adjacent to an activating group) is 1. The molecule has 6 nitrogen and oxygen atoms in total. The average Bonchev–Trinajstić information content (AvgIpc) is 2.95. The molecule has 2 aromatic rings. The van der Waals surface area contributed by atoms with Gasteiger partial charge in [-0.2, -0.15) is 0 Å². The van der Waals surface area contributed by atoms with E-state index < -0.39 is 11.8 Å². The fraction of sp³-hybridized carbons (Fsp3) is 0.333. The molecular weight excluding hydrogens is 304 g/mol. The fourth-order valence-corrected chi connectivity index (χ4v) is 2.47. The zero-order chi connectivity index (χ0) is 17.7. The Balaban J connectivity index is 1.94. The van der Waals surface area contributed by atoms with Gasteiger partial charge < -0.3 is 15.2 Å². The van der Waals surface area contributed by atoms with Gasteiger partial charge in [0, 0.05) is 31.2 Å². The molecule has 0 fully saturated rings. The third kappa shape index (κ3) is 4.45. The molecule has 1 heterocycles. The number of nitrogens with zero attached hydrogens (tertiary/aromatic N) is 2.